The van der Waals surface area contributed by atoms with Gasteiger partial charge in [0.1, 0.15) is 5.75 Å². The standard InChI is InChI=1S/C17H25N3O.2ClH/c1-12(2)18-7-5-8-19-16-11-14(21-4)10-15-13(3)6-9-20-17(15)16;;/h6,9-12,18-19H,5,7-8H2,1-4H3;2*1H. The van der Waals surface area contributed by atoms with Crippen molar-refractivity contribution >= 4 is 41.4 Å². The number of nitrogens with one attached hydrogen (secondary N) is 2. The van der Waals surface area contributed by atoms with Gasteiger partial charge in [-0.3, -0.25) is 4.98 Å². The second-order valence-electron chi connectivity index (χ2n) is 5.59. The number of fused-ring (bicyclic) bond motifs is 1. The third-order valence-electron chi connectivity index (χ3n) is 3.49. The van der Waals surface area contributed by atoms with Crippen LogP contribution in [0.4, 0.5) is 5.69 Å². The van der Waals surface area contributed by atoms with Crippen LogP contribution in [0.3, 0.4) is 0 Å². The highest BCUT2D eigenvalue weighted by molar-refractivity contribution is 5.93. The molecule has 0 unspecified atom stereocenters. The Morgan fingerprint density at radius 3 is 2.57 bits per heavy atom. The Morgan fingerprint density at radius 2 is 1.91 bits per heavy atom. The van der Waals surface area contributed by atoms with Gasteiger partial charge < -0.3 is 15.4 Å². The molecule has 0 radical (unpaired) electrons. The molecule has 0 bridgehead atoms. The molecule has 0 fully saturated rings. The smallest absolute Gasteiger partial charge is 0.121 e. The van der Waals surface area contributed by atoms with Crippen LogP contribution in [0.5, 0.6) is 5.75 Å². The van der Waals surface area contributed by atoms with Crippen LogP contribution in [0, 0.1) is 6.92 Å². The Balaban J connectivity index is 0.00000242. The normalized spacial score (nSPS) is 10.1. The zero-order valence-corrected chi connectivity index (χ0v) is 15.8. The molecule has 1 heterocycles. The fourth-order valence-corrected chi connectivity index (χ4v) is 2.32. The van der Waals surface area contributed by atoms with Crippen molar-refractivity contribution in [2.45, 2.75) is 33.2 Å². The molecule has 0 saturated carbocycles. The minimum absolute atomic E-state index is 0. The van der Waals surface area contributed by atoms with E-state index in [2.05, 4.69) is 36.4 Å². The second kappa shape index (κ2) is 10.5. The molecular weight excluding hydrogens is 333 g/mol. The molecule has 1 aromatic carbocycles. The van der Waals surface area contributed by atoms with Gasteiger partial charge in [0, 0.05) is 30.2 Å². The van der Waals surface area contributed by atoms with Crippen LogP contribution in [-0.2, 0) is 0 Å². The number of halogens is 2. The summed E-state index contributed by atoms with van der Waals surface area (Å²) in [5.41, 5.74) is 3.26. The number of aromatic nitrogens is 1. The van der Waals surface area contributed by atoms with Gasteiger partial charge in [-0.05, 0) is 37.6 Å². The van der Waals surface area contributed by atoms with E-state index < -0.39 is 0 Å². The Hall–Kier alpha value is -1.23. The fraction of sp³-hybridized carbons (Fsp3) is 0.471. The molecule has 4 nitrogen and oxygen atoms in total. The number of ether oxygens (including phenoxy) is 1. The molecule has 0 aliphatic heterocycles. The molecule has 0 atom stereocenters. The van der Waals surface area contributed by atoms with E-state index in [1.54, 1.807) is 7.11 Å². The third-order valence-corrected chi connectivity index (χ3v) is 3.49. The number of hydrogen-bond acceptors (Lipinski definition) is 4. The zero-order valence-electron chi connectivity index (χ0n) is 14.2. The lowest BCUT2D eigenvalue weighted by molar-refractivity contribution is 0.415. The summed E-state index contributed by atoms with van der Waals surface area (Å²) in [6.07, 6.45) is 2.93. The molecule has 0 amide bonds. The first-order valence-corrected chi connectivity index (χ1v) is 7.52. The minimum Gasteiger partial charge on any atom is -0.497 e. The topological polar surface area (TPSA) is 46.2 Å². The Bertz CT molecular complexity index is 606. The summed E-state index contributed by atoms with van der Waals surface area (Å²) < 4.78 is 5.40. The van der Waals surface area contributed by atoms with Gasteiger partial charge in [0.25, 0.3) is 0 Å². The molecule has 0 aliphatic carbocycles. The largest absolute Gasteiger partial charge is 0.497 e. The molecule has 23 heavy (non-hydrogen) atoms. The van der Waals surface area contributed by atoms with Crippen LogP contribution in [-0.4, -0.2) is 31.2 Å². The van der Waals surface area contributed by atoms with E-state index in [-0.39, 0.29) is 24.8 Å². The maximum absolute atomic E-state index is 5.40. The number of aryl methyl sites for hydroxylation is 1. The molecule has 0 aliphatic rings. The number of anilines is 1. The number of hydrogen-bond donors (Lipinski definition) is 2. The number of methoxy groups -OCH3 is 1. The predicted octanol–water partition coefficient (Wildman–Crippen LogP) is 4.20. The number of benzene rings is 1. The molecule has 6 heteroatoms. The van der Waals surface area contributed by atoms with Crippen molar-refractivity contribution < 1.29 is 4.74 Å². The highest BCUT2D eigenvalue weighted by atomic mass is 35.5. The van der Waals surface area contributed by atoms with Crippen LogP contribution in [0.1, 0.15) is 25.8 Å². The van der Waals surface area contributed by atoms with Gasteiger partial charge in [-0.25, -0.2) is 0 Å². The van der Waals surface area contributed by atoms with Crippen molar-refractivity contribution in [3.63, 3.8) is 0 Å². The lowest BCUT2D eigenvalue weighted by atomic mass is 10.1. The Labute approximate surface area is 151 Å². The van der Waals surface area contributed by atoms with Crippen LogP contribution in [0.25, 0.3) is 10.9 Å². The van der Waals surface area contributed by atoms with E-state index in [9.17, 15) is 0 Å². The van der Waals surface area contributed by atoms with Crippen LogP contribution in [0.2, 0.25) is 0 Å². The third kappa shape index (κ3) is 6.05. The number of rotatable bonds is 7. The van der Waals surface area contributed by atoms with Gasteiger partial charge in [0.05, 0.1) is 18.3 Å². The molecule has 2 aromatic rings. The van der Waals surface area contributed by atoms with Crippen LogP contribution < -0.4 is 15.4 Å². The summed E-state index contributed by atoms with van der Waals surface area (Å²) in [7, 11) is 1.70. The monoisotopic (exact) mass is 359 g/mol. The summed E-state index contributed by atoms with van der Waals surface area (Å²) in [5.74, 6) is 0.862. The highest BCUT2D eigenvalue weighted by Crippen LogP contribution is 2.29. The van der Waals surface area contributed by atoms with Gasteiger partial charge >= 0.3 is 0 Å². The molecule has 0 spiro atoms. The predicted molar refractivity (Wildman–Crippen MR) is 104 cm³/mol. The van der Waals surface area contributed by atoms with Crippen LogP contribution >= 0.6 is 24.8 Å². The second-order valence-corrected chi connectivity index (χ2v) is 5.59. The summed E-state index contributed by atoms with van der Waals surface area (Å²) in [6.45, 7) is 8.35. The van der Waals surface area contributed by atoms with E-state index in [0.29, 0.717) is 6.04 Å². The van der Waals surface area contributed by atoms with Gasteiger partial charge in [0.2, 0.25) is 0 Å². The quantitative estimate of drug-likeness (QED) is 0.727. The average Bonchev–Trinajstić information content (AvgIpc) is 2.47. The van der Waals surface area contributed by atoms with Crippen molar-refractivity contribution in [2.75, 3.05) is 25.5 Å². The Kier molecular flexibility index (Phi) is 9.96. The van der Waals surface area contributed by atoms with E-state index in [1.807, 2.05) is 24.4 Å². The first-order chi connectivity index (χ1) is 10.1. The average molecular weight is 360 g/mol. The molecule has 130 valence electrons. The zero-order chi connectivity index (χ0) is 15.2. The summed E-state index contributed by atoms with van der Waals surface area (Å²) >= 11 is 0. The molecule has 2 N–H and O–H groups in total. The van der Waals surface area contributed by atoms with E-state index in [4.69, 9.17) is 4.74 Å². The molecule has 1 aromatic heterocycles. The minimum atomic E-state index is 0. The summed E-state index contributed by atoms with van der Waals surface area (Å²) in [5, 5.41) is 8.04. The van der Waals surface area contributed by atoms with Gasteiger partial charge in [-0.15, -0.1) is 24.8 Å². The SMILES string of the molecule is COc1cc(NCCCNC(C)C)c2nccc(C)c2c1.Cl.Cl. The van der Waals surface area contributed by atoms with Crippen LogP contribution in [0.15, 0.2) is 24.4 Å². The summed E-state index contributed by atoms with van der Waals surface area (Å²) in [4.78, 5) is 4.51. The molecule has 2 rings (SSSR count). The first kappa shape index (κ1) is 21.8. The maximum atomic E-state index is 5.40. The number of nitrogens with zero attached hydrogens (tertiary/aromatic N) is 1. The Morgan fingerprint density at radius 1 is 1.17 bits per heavy atom. The van der Waals surface area contributed by atoms with E-state index in [0.717, 1.165) is 41.9 Å². The van der Waals surface area contributed by atoms with Crippen molar-refractivity contribution in [2.24, 2.45) is 0 Å². The molecular formula is C17H27Cl2N3O. The van der Waals surface area contributed by atoms with Crippen molar-refractivity contribution in [1.82, 2.24) is 10.3 Å². The number of pyridine rings is 1. The molecule has 0 saturated heterocycles. The van der Waals surface area contributed by atoms with Gasteiger partial charge in [-0.2, -0.15) is 0 Å². The van der Waals surface area contributed by atoms with E-state index in [1.165, 1.54) is 5.56 Å². The fourth-order valence-electron chi connectivity index (χ4n) is 2.32. The van der Waals surface area contributed by atoms with Gasteiger partial charge in [-0.1, -0.05) is 13.8 Å². The van der Waals surface area contributed by atoms with Crippen molar-refractivity contribution in [3.05, 3.63) is 30.0 Å². The lowest BCUT2D eigenvalue weighted by Crippen LogP contribution is -2.25. The lowest BCUT2D eigenvalue weighted by Gasteiger charge is -2.13. The van der Waals surface area contributed by atoms with Crippen molar-refractivity contribution in [3.8, 4) is 5.75 Å². The van der Waals surface area contributed by atoms with Crippen molar-refractivity contribution in [1.29, 1.82) is 0 Å². The highest BCUT2D eigenvalue weighted by Gasteiger charge is 2.07. The summed E-state index contributed by atoms with van der Waals surface area (Å²) in [6, 6.07) is 6.62. The maximum Gasteiger partial charge on any atom is 0.121 e. The van der Waals surface area contributed by atoms with E-state index >= 15 is 0 Å². The van der Waals surface area contributed by atoms with Gasteiger partial charge in [0.15, 0.2) is 0 Å². The first-order valence-electron chi connectivity index (χ1n) is 7.52.